The molecule has 0 fully saturated rings. The number of alkyl halides is 1. The van der Waals surface area contributed by atoms with Gasteiger partial charge in [0, 0.05) is 5.88 Å². The van der Waals surface area contributed by atoms with E-state index < -0.39 is 9.04 Å². The van der Waals surface area contributed by atoms with E-state index >= 15 is 0 Å². The highest BCUT2D eigenvalue weighted by molar-refractivity contribution is 6.48. The van der Waals surface area contributed by atoms with Crippen LogP contribution in [-0.2, 0) is 9.16 Å². The fourth-order valence-electron chi connectivity index (χ4n) is 0.499. The molecule has 0 aliphatic heterocycles. The standard InChI is InChI=1S/C6H15ClO2Si/c1-10(2)9-6-5-8-4-3-7/h10H,3-6H2,1-2H3. The molecule has 0 atom stereocenters. The van der Waals surface area contributed by atoms with E-state index in [1.807, 2.05) is 0 Å². The summed E-state index contributed by atoms with van der Waals surface area (Å²) in [5.41, 5.74) is 0. The van der Waals surface area contributed by atoms with Gasteiger partial charge in [-0.25, -0.2) is 0 Å². The molecule has 0 N–H and O–H groups in total. The molecule has 0 spiro atoms. The Balaban J connectivity index is 2.77. The second-order valence-corrected chi connectivity index (χ2v) is 5.03. The van der Waals surface area contributed by atoms with Gasteiger partial charge in [-0.2, -0.15) is 0 Å². The minimum atomic E-state index is -0.835. The Bertz CT molecular complexity index is 70.8. The van der Waals surface area contributed by atoms with Gasteiger partial charge in [0.2, 0.25) is 0 Å². The summed E-state index contributed by atoms with van der Waals surface area (Å²) < 4.78 is 10.5. The number of hydrogen-bond acceptors (Lipinski definition) is 2. The fraction of sp³-hybridized carbons (Fsp3) is 1.00. The highest BCUT2D eigenvalue weighted by Crippen LogP contribution is 1.84. The van der Waals surface area contributed by atoms with Gasteiger partial charge in [-0.3, -0.25) is 0 Å². The lowest BCUT2D eigenvalue weighted by molar-refractivity contribution is 0.111. The minimum Gasteiger partial charge on any atom is -0.418 e. The van der Waals surface area contributed by atoms with Crippen LogP contribution in [0.4, 0.5) is 0 Å². The summed E-state index contributed by atoms with van der Waals surface area (Å²) in [6.45, 7) is 6.31. The normalized spacial score (nSPS) is 10.8. The quantitative estimate of drug-likeness (QED) is 0.350. The molecule has 0 saturated heterocycles. The smallest absolute Gasteiger partial charge is 0.171 e. The van der Waals surface area contributed by atoms with Crippen molar-refractivity contribution in [2.45, 2.75) is 13.1 Å². The monoisotopic (exact) mass is 182 g/mol. The Morgan fingerprint density at radius 3 is 2.40 bits per heavy atom. The maximum Gasteiger partial charge on any atom is 0.171 e. The van der Waals surface area contributed by atoms with E-state index in [-0.39, 0.29) is 0 Å². The van der Waals surface area contributed by atoms with Crippen molar-refractivity contribution < 1.29 is 9.16 Å². The van der Waals surface area contributed by atoms with E-state index in [1.165, 1.54) is 0 Å². The van der Waals surface area contributed by atoms with E-state index in [1.54, 1.807) is 0 Å². The maximum absolute atomic E-state index is 5.39. The second-order valence-electron chi connectivity index (χ2n) is 2.22. The van der Waals surface area contributed by atoms with Crippen molar-refractivity contribution in [2.75, 3.05) is 25.7 Å². The molecule has 0 aromatic rings. The molecule has 0 unspecified atom stereocenters. The van der Waals surface area contributed by atoms with Crippen molar-refractivity contribution in [3.05, 3.63) is 0 Å². The lowest BCUT2D eigenvalue weighted by atomic mass is 10.7. The van der Waals surface area contributed by atoms with Gasteiger partial charge in [0.25, 0.3) is 0 Å². The van der Waals surface area contributed by atoms with Gasteiger partial charge in [-0.05, 0) is 13.1 Å². The van der Waals surface area contributed by atoms with E-state index in [4.69, 9.17) is 20.8 Å². The molecule has 0 amide bonds. The fourth-order valence-corrected chi connectivity index (χ4v) is 1.18. The van der Waals surface area contributed by atoms with Gasteiger partial charge in [0.15, 0.2) is 9.04 Å². The minimum absolute atomic E-state index is 0.569. The van der Waals surface area contributed by atoms with Crippen molar-refractivity contribution in [2.24, 2.45) is 0 Å². The van der Waals surface area contributed by atoms with E-state index in [2.05, 4.69) is 13.1 Å². The van der Waals surface area contributed by atoms with Gasteiger partial charge in [-0.15, -0.1) is 11.6 Å². The lowest BCUT2D eigenvalue weighted by Gasteiger charge is -2.05. The molecule has 0 aromatic heterocycles. The summed E-state index contributed by atoms with van der Waals surface area (Å²) in [4.78, 5) is 0. The van der Waals surface area contributed by atoms with Gasteiger partial charge < -0.3 is 9.16 Å². The van der Waals surface area contributed by atoms with Gasteiger partial charge in [0.05, 0.1) is 19.8 Å². The predicted molar refractivity (Wildman–Crippen MR) is 46.4 cm³/mol. The summed E-state index contributed by atoms with van der Waals surface area (Å²) >= 11 is 5.39. The number of rotatable bonds is 6. The van der Waals surface area contributed by atoms with Crippen LogP contribution in [0.1, 0.15) is 0 Å². The zero-order chi connectivity index (χ0) is 7.82. The zero-order valence-corrected chi connectivity index (χ0v) is 8.51. The molecule has 0 aliphatic carbocycles. The van der Waals surface area contributed by atoms with Crippen LogP contribution in [0.3, 0.4) is 0 Å². The molecule has 0 radical (unpaired) electrons. The third kappa shape index (κ3) is 8.43. The largest absolute Gasteiger partial charge is 0.418 e. The number of ether oxygens (including phenoxy) is 1. The lowest BCUT2D eigenvalue weighted by Crippen LogP contribution is -2.13. The van der Waals surface area contributed by atoms with Crippen molar-refractivity contribution >= 4 is 20.6 Å². The van der Waals surface area contributed by atoms with Crippen molar-refractivity contribution in [1.82, 2.24) is 0 Å². The summed E-state index contributed by atoms with van der Waals surface area (Å²) in [6.07, 6.45) is 0. The summed E-state index contributed by atoms with van der Waals surface area (Å²) in [5.74, 6) is 0.569. The number of halogens is 1. The van der Waals surface area contributed by atoms with Crippen molar-refractivity contribution in [1.29, 1.82) is 0 Å². The molecule has 0 heterocycles. The van der Waals surface area contributed by atoms with Crippen LogP contribution in [0.15, 0.2) is 0 Å². The first-order valence-electron chi connectivity index (χ1n) is 3.52. The third-order valence-corrected chi connectivity index (χ3v) is 1.96. The molecular weight excluding hydrogens is 168 g/mol. The molecule has 0 saturated carbocycles. The van der Waals surface area contributed by atoms with Gasteiger partial charge in [0.1, 0.15) is 0 Å². The van der Waals surface area contributed by atoms with Gasteiger partial charge in [-0.1, -0.05) is 0 Å². The Labute approximate surface area is 69.2 Å². The average molecular weight is 183 g/mol. The molecule has 2 nitrogen and oxygen atoms in total. The average Bonchev–Trinajstić information content (AvgIpc) is 1.87. The van der Waals surface area contributed by atoms with Crippen molar-refractivity contribution in [3.8, 4) is 0 Å². The van der Waals surface area contributed by atoms with Gasteiger partial charge >= 0.3 is 0 Å². The van der Waals surface area contributed by atoms with E-state index in [0.29, 0.717) is 19.1 Å². The molecule has 0 bridgehead atoms. The van der Waals surface area contributed by atoms with Crippen LogP contribution in [-0.4, -0.2) is 34.7 Å². The maximum atomic E-state index is 5.39. The van der Waals surface area contributed by atoms with E-state index in [9.17, 15) is 0 Å². The third-order valence-electron chi connectivity index (χ3n) is 0.900. The van der Waals surface area contributed by atoms with E-state index in [0.717, 1.165) is 6.61 Å². The molecule has 0 aliphatic rings. The molecule has 0 aromatic carbocycles. The first-order chi connectivity index (χ1) is 4.77. The number of hydrogen-bond donors (Lipinski definition) is 0. The topological polar surface area (TPSA) is 18.5 Å². The Morgan fingerprint density at radius 1 is 1.20 bits per heavy atom. The molecule has 10 heavy (non-hydrogen) atoms. The molecular formula is C6H15ClO2Si. The van der Waals surface area contributed by atoms with Crippen LogP contribution < -0.4 is 0 Å². The molecule has 62 valence electrons. The first kappa shape index (κ1) is 10.4. The first-order valence-corrected chi connectivity index (χ1v) is 6.84. The van der Waals surface area contributed by atoms with Crippen LogP contribution >= 0.6 is 11.6 Å². The summed E-state index contributed by atoms with van der Waals surface area (Å²) in [5, 5.41) is 0. The SMILES string of the molecule is C[SiH](C)OCCOCCCl. The van der Waals surface area contributed by atoms with Crippen LogP contribution in [0.2, 0.25) is 13.1 Å². The highest BCUT2D eigenvalue weighted by Gasteiger charge is 1.93. The Kier molecular flexibility index (Phi) is 7.85. The second kappa shape index (κ2) is 7.53. The summed E-state index contributed by atoms with van der Waals surface area (Å²) in [6, 6.07) is 0. The Hall–Kier alpha value is 0.427. The summed E-state index contributed by atoms with van der Waals surface area (Å²) in [7, 11) is -0.835. The Morgan fingerprint density at radius 2 is 1.90 bits per heavy atom. The van der Waals surface area contributed by atoms with Crippen LogP contribution in [0, 0.1) is 0 Å². The van der Waals surface area contributed by atoms with Crippen LogP contribution in [0.25, 0.3) is 0 Å². The molecule has 4 heteroatoms. The van der Waals surface area contributed by atoms with Crippen molar-refractivity contribution in [3.63, 3.8) is 0 Å². The molecule has 0 rings (SSSR count). The highest BCUT2D eigenvalue weighted by atomic mass is 35.5. The zero-order valence-electron chi connectivity index (χ0n) is 6.60. The predicted octanol–water partition coefficient (Wildman–Crippen LogP) is 1.24. The van der Waals surface area contributed by atoms with Crippen LogP contribution in [0.5, 0.6) is 0 Å².